The van der Waals surface area contributed by atoms with E-state index in [0.29, 0.717) is 12.2 Å². The fourth-order valence-corrected chi connectivity index (χ4v) is 3.52. The van der Waals surface area contributed by atoms with E-state index in [2.05, 4.69) is 15.6 Å². The van der Waals surface area contributed by atoms with Crippen LogP contribution in [0.15, 0.2) is 40.9 Å². The summed E-state index contributed by atoms with van der Waals surface area (Å²) < 4.78 is 12.3. The highest BCUT2D eigenvalue weighted by atomic mass is 16.5. The predicted octanol–water partition coefficient (Wildman–Crippen LogP) is 3.23. The van der Waals surface area contributed by atoms with Crippen LogP contribution in [-0.2, 0) is 22.4 Å². The van der Waals surface area contributed by atoms with Gasteiger partial charge in [0.05, 0.1) is 5.69 Å². The van der Waals surface area contributed by atoms with E-state index in [1.165, 1.54) is 0 Å². The minimum Gasteiger partial charge on any atom is -0.447 e. The highest BCUT2D eigenvalue weighted by molar-refractivity contribution is 5.97. The second-order valence-electron chi connectivity index (χ2n) is 6.99. The lowest BCUT2D eigenvalue weighted by Crippen LogP contribution is -2.32. The van der Waals surface area contributed by atoms with E-state index < -0.39 is 18.0 Å². The molecule has 1 unspecified atom stereocenters. The van der Waals surface area contributed by atoms with Gasteiger partial charge in [-0.3, -0.25) is 4.79 Å². The number of anilines is 1. The van der Waals surface area contributed by atoms with Crippen molar-refractivity contribution in [2.24, 2.45) is 0 Å². The van der Waals surface area contributed by atoms with Crippen LogP contribution in [0.5, 0.6) is 0 Å². The summed E-state index contributed by atoms with van der Waals surface area (Å²) in [5, 5.41) is 10.9. The number of amides is 1. The Hall–Kier alpha value is -3.42. The maximum Gasteiger partial charge on any atom is 0.359 e. The number of rotatable bonds is 6. The summed E-state index contributed by atoms with van der Waals surface area (Å²) in [5.41, 5.74) is 3.11. The zero-order chi connectivity index (χ0) is 20.4. The molecule has 2 heterocycles. The topological polar surface area (TPSA) is 99.2 Å². The van der Waals surface area contributed by atoms with Crippen molar-refractivity contribution < 1.29 is 18.8 Å². The van der Waals surface area contributed by atoms with E-state index >= 15 is 0 Å². The first kappa shape index (κ1) is 18.9. The van der Waals surface area contributed by atoms with Crippen LogP contribution in [-0.4, -0.2) is 32.9 Å². The Balaban J connectivity index is 1.54. The van der Waals surface area contributed by atoms with E-state index in [-0.39, 0.29) is 11.5 Å². The molecule has 150 valence electrons. The SMILES string of the molecule is CCC(OC(=O)c1nn(-c2ccccc2)c2c1CCC2)C(=O)Nc1cc(C)on1. The van der Waals surface area contributed by atoms with E-state index in [1.54, 1.807) is 24.6 Å². The predicted molar refractivity (Wildman–Crippen MR) is 105 cm³/mol. The number of nitrogens with one attached hydrogen (secondary N) is 1. The molecule has 29 heavy (non-hydrogen) atoms. The highest BCUT2D eigenvalue weighted by Crippen LogP contribution is 2.28. The van der Waals surface area contributed by atoms with Crippen molar-refractivity contribution in [2.75, 3.05) is 5.32 Å². The molecule has 4 rings (SSSR count). The van der Waals surface area contributed by atoms with Crippen molar-refractivity contribution in [1.29, 1.82) is 0 Å². The van der Waals surface area contributed by atoms with Gasteiger partial charge in [0.1, 0.15) is 5.76 Å². The molecule has 0 saturated heterocycles. The first-order valence-corrected chi connectivity index (χ1v) is 9.68. The van der Waals surface area contributed by atoms with Gasteiger partial charge in [-0.05, 0) is 44.7 Å². The molecule has 1 aliphatic carbocycles. The maximum absolute atomic E-state index is 12.9. The van der Waals surface area contributed by atoms with Crippen LogP contribution in [0.1, 0.15) is 47.3 Å². The molecule has 0 saturated carbocycles. The van der Waals surface area contributed by atoms with Crippen molar-refractivity contribution in [1.82, 2.24) is 14.9 Å². The lowest BCUT2D eigenvalue weighted by molar-refractivity contribution is -0.124. The third-order valence-corrected chi connectivity index (χ3v) is 4.92. The number of hydrogen-bond acceptors (Lipinski definition) is 6. The first-order chi connectivity index (χ1) is 14.1. The molecule has 3 aromatic rings. The summed E-state index contributed by atoms with van der Waals surface area (Å²) in [5.74, 6) is -0.173. The monoisotopic (exact) mass is 394 g/mol. The molecule has 1 amide bonds. The molecule has 1 N–H and O–H groups in total. The molecule has 1 aliphatic rings. The lowest BCUT2D eigenvalue weighted by Gasteiger charge is -2.14. The summed E-state index contributed by atoms with van der Waals surface area (Å²) in [6.07, 6.45) is 1.97. The summed E-state index contributed by atoms with van der Waals surface area (Å²) in [4.78, 5) is 25.4. The molecule has 0 aliphatic heterocycles. The molecule has 1 atom stereocenters. The van der Waals surface area contributed by atoms with Crippen LogP contribution in [0.25, 0.3) is 5.69 Å². The van der Waals surface area contributed by atoms with Crippen LogP contribution >= 0.6 is 0 Å². The Kier molecular flexibility index (Phi) is 5.16. The number of hydrogen-bond donors (Lipinski definition) is 1. The summed E-state index contributed by atoms with van der Waals surface area (Å²) in [6.45, 7) is 3.50. The van der Waals surface area contributed by atoms with Gasteiger partial charge in [0.15, 0.2) is 17.6 Å². The molecule has 0 fully saturated rings. The van der Waals surface area contributed by atoms with Gasteiger partial charge in [0.2, 0.25) is 0 Å². The van der Waals surface area contributed by atoms with Crippen LogP contribution in [0.4, 0.5) is 5.82 Å². The number of carbonyl (C=O) groups excluding carboxylic acids is 2. The zero-order valence-electron chi connectivity index (χ0n) is 16.3. The van der Waals surface area contributed by atoms with Crippen molar-refractivity contribution >= 4 is 17.7 Å². The van der Waals surface area contributed by atoms with Crippen molar-refractivity contribution in [3.05, 3.63) is 59.1 Å². The summed E-state index contributed by atoms with van der Waals surface area (Å²) in [7, 11) is 0. The van der Waals surface area contributed by atoms with Gasteiger partial charge in [-0.15, -0.1) is 0 Å². The smallest absolute Gasteiger partial charge is 0.359 e. The molecule has 8 heteroatoms. The fraction of sp³-hybridized carbons (Fsp3) is 0.333. The normalized spacial score (nSPS) is 13.7. The first-order valence-electron chi connectivity index (χ1n) is 9.68. The number of aryl methyl sites for hydroxylation is 1. The fourth-order valence-electron chi connectivity index (χ4n) is 3.52. The third kappa shape index (κ3) is 3.78. The summed E-state index contributed by atoms with van der Waals surface area (Å²) in [6, 6.07) is 11.3. The maximum atomic E-state index is 12.9. The number of carbonyl (C=O) groups is 2. The van der Waals surface area contributed by atoms with Crippen molar-refractivity contribution in [3.63, 3.8) is 0 Å². The van der Waals surface area contributed by atoms with Gasteiger partial charge in [-0.25, -0.2) is 9.48 Å². The van der Waals surface area contributed by atoms with Gasteiger partial charge < -0.3 is 14.6 Å². The van der Waals surface area contributed by atoms with Gasteiger partial charge in [-0.2, -0.15) is 5.10 Å². The van der Waals surface area contributed by atoms with Crippen molar-refractivity contribution in [2.45, 2.75) is 45.6 Å². The van der Waals surface area contributed by atoms with Crippen LogP contribution in [0.3, 0.4) is 0 Å². The second-order valence-corrected chi connectivity index (χ2v) is 6.99. The minimum absolute atomic E-state index is 0.282. The number of fused-ring (bicyclic) bond motifs is 1. The Morgan fingerprint density at radius 3 is 2.76 bits per heavy atom. The Morgan fingerprint density at radius 2 is 2.07 bits per heavy atom. The summed E-state index contributed by atoms with van der Waals surface area (Å²) >= 11 is 0. The quantitative estimate of drug-likeness (QED) is 0.645. The Bertz CT molecular complexity index is 1040. The van der Waals surface area contributed by atoms with Gasteiger partial charge in [-0.1, -0.05) is 30.3 Å². The standard InChI is InChI=1S/C21H22N4O4/c1-3-17(20(26)22-18-12-13(2)29-24-18)28-21(27)19-15-10-7-11-16(15)25(23-19)14-8-5-4-6-9-14/h4-6,8-9,12,17H,3,7,10-11H2,1-2H3,(H,22,24,26). The second kappa shape index (κ2) is 7.90. The molecule has 0 spiro atoms. The van der Waals surface area contributed by atoms with Crippen LogP contribution < -0.4 is 5.32 Å². The molecule has 0 bridgehead atoms. The van der Waals surface area contributed by atoms with E-state index in [1.807, 2.05) is 30.3 Å². The average Bonchev–Trinajstić information content (AvgIpc) is 3.43. The number of aromatic nitrogens is 3. The number of nitrogens with zero attached hydrogens (tertiary/aromatic N) is 3. The van der Waals surface area contributed by atoms with Gasteiger partial charge in [0.25, 0.3) is 5.91 Å². The molecule has 2 aromatic heterocycles. The molecule has 0 radical (unpaired) electrons. The van der Waals surface area contributed by atoms with Crippen LogP contribution in [0.2, 0.25) is 0 Å². The number of benzene rings is 1. The molecular weight excluding hydrogens is 372 g/mol. The Labute approximate surface area is 167 Å². The van der Waals surface area contributed by atoms with Crippen LogP contribution in [0, 0.1) is 6.92 Å². The van der Waals surface area contributed by atoms with Gasteiger partial charge in [0, 0.05) is 17.3 Å². The number of para-hydroxylation sites is 1. The van der Waals surface area contributed by atoms with E-state index in [9.17, 15) is 9.59 Å². The van der Waals surface area contributed by atoms with Crippen molar-refractivity contribution in [3.8, 4) is 5.69 Å². The highest BCUT2D eigenvalue weighted by Gasteiger charge is 2.30. The van der Waals surface area contributed by atoms with E-state index in [0.717, 1.165) is 36.2 Å². The Morgan fingerprint density at radius 1 is 1.28 bits per heavy atom. The third-order valence-electron chi connectivity index (χ3n) is 4.92. The largest absolute Gasteiger partial charge is 0.447 e. The molecular formula is C21H22N4O4. The zero-order valence-corrected chi connectivity index (χ0v) is 16.3. The minimum atomic E-state index is -0.946. The van der Waals surface area contributed by atoms with Gasteiger partial charge >= 0.3 is 5.97 Å². The lowest BCUT2D eigenvalue weighted by atomic mass is 10.2. The number of esters is 1. The average molecular weight is 394 g/mol. The van der Waals surface area contributed by atoms with E-state index in [4.69, 9.17) is 9.26 Å². The molecule has 8 nitrogen and oxygen atoms in total. The number of ether oxygens (including phenoxy) is 1. The molecule has 1 aromatic carbocycles.